The highest BCUT2D eigenvalue weighted by atomic mass is 35.5. The van der Waals surface area contributed by atoms with Crippen molar-refractivity contribution < 1.29 is 19.1 Å². The lowest BCUT2D eigenvalue weighted by atomic mass is 9.45. The molecule has 2 aliphatic rings. The second-order valence-corrected chi connectivity index (χ2v) is 11.6. The minimum Gasteiger partial charge on any atom is -0.497 e. The Morgan fingerprint density at radius 3 is 2.45 bits per heavy atom. The quantitative estimate of drug-likeness (QED) is 0.233. The highest BCUT2D eigenvalue weighted by Crippen LogP contribution is 2.68. The van der Waals surface area contributed by atoms with Gasteiger partial charge in [-0.3, -0.25) is 9.59 Å². The van der Waals surface area contributed by atoms with Crippen LogP contribution in [0.4, 0.5) is 5.69 Å². The second kappa shape index (κ2) is 11.0. The van der Waals surface area contributed by atoms with Crippen molar-refractivity contribution in [3.63, 3.8) is 0 Å². The largest absolute Gasteiger partial charge is 0.497 e. The SMILES string of the molecule is CCCCN1C(=O)[C@]2(c3cc(Cl)ccc31)[C@@H](C(=O)OCC)c1[nH]c3ccccc3c1[C@H](c1ccc(OC)cc1)C2(C#N)C#N. The van der Waals surface area contributed by atoms with Gasteiger partial charge in [-0.15, -0.1) is 0 Å². The van der Waals surface area contributed by atoms with E-state index in [0.717, 1.165) is 11.8 Å². The standard InChI is InChI=1S/C35H31ClN4O4/c1-4-6-17-40-27-16-13-22(36)18-25(27)35(33(40)42)30(32(41)44-5-2)31-28(24-9-7-8-10-26(24)39-31)29(34(35,19-37)20-38)21-11-14-23(43-3)15-12-21/h7-16,18,29-30,39H,4-6,17H2,1-3H3/t29-,30+,35-/m0/s1. The number of nitrogens with zero attached hydrogens (tertiary/aromatic N) is 3. The van der Waals surface area contributed by atoms with Crippen molar-refractivity contribution in [1.82, 2.24) is 4.98 Å². The normalized spacial score (nSPS) is 21.4. The molecule has 0 unspecified atom stereocenters. The third-order valence-corrected chi connectivity index (χ3v) is 9.39. The summed E-state index contributed by atoms with van der Waals surface area (Å²) in [6.07, 6.45) is 1.49. The van der Waals surface area contributed by atoms with Gasteiger partial charge in [0, 0.05) is 39.8 Å². The zero-order valence-electron chi connectivity index (χ0n) is 24.7. The lowest BCUT2D eigenvalue weighted by Crippen LogP contribution is -2.62. The van der Waals surface area contributed by atoms with Crippen LogP contribution >= 0.6 is 11.6 Å². The molecule has 1 spiro atoms. The fourth-order valence-electron chi connectivity index (χ4n) is 7.37. The molecule has 4 aromatic rings. The molecule has 6 rings (SSSR count). The zero-order valence-corrected chi connectivity index (χ0v) is 25.4. The number of para-hydroxylation sites is 1. The van der Waals surface area contributed by atoms with Crippen LogP contribution in [0.25, 0.3) is 10.9 Å². The van der Waals surface area contributed by atoms with Gasteiger partial charge in [-0.1, -0.05) is 55.3 Å². The molecule has 1 aliphatic heterocycles. The number of carbonyl (C=O) groups is 2. The highest BCUT2D eigenvalue weighted by molar-refractivity contribution is 6.31. The maximum atomic E-state index is 15.3. The summed E-state index contributed by atoms with van der Waals surface area (Å²) in [4.78, 5) is 34.6. The Balaban J connectivity index is 1.82. The molecule has 0 fully saturated rings. The van der Waals surface area contributed by atoms with Crippen LogP contribution in [0.2, 0.25) is 5.02 Å². The zero-order chi connectivity index (χ0) is 31.2. The van der Waals surface area contributed by atoms with Crippen molar-refractivity contribution in [2.45, 2.75) is 43.9 Å². The Hall–Kier alpha value is -4.79. The number of hydrogen-bond donors (Lipinski definition) is 1. The molecular weight excluding hydrogens is 576 g/mol. The number of halogens is 1. The molecule has 0 saturated carbocycles. The van der Waals surface area contributed by atoms with Gasteiger partial charge in [-0.25, -0.2) is 0 Å². The fourth-order valence-corrected chi connectivity index (χ4v) is 7.54. The summed E-state index contributed by atoms with van der Waals surface area (Å²) in [5.74, 6) is -2.87. The van der Waals surface area contributed by atoms with E-state index in [1.807, 2.05) is 43.3 Å². The molecule has 8 nitrogen and oxygen atoms in total. The Labute approximate surface area is 260 Å². The van der Waals surface area contributed by atoms with Crippen LogP contribution in [0.15, 0.2) is 66.7 Å². The van der Waals surface area contributed by atoms with Crippen molar-refractivity contribution in [1.29, 1.82) is 10.5 Å². The number of anilines is 1. The van der Waals surface area contributed by atoms with Crippen molar-refractivity contribution in [3.8, 4) is 17.9 Å². The first kappa shape index (κ1) is 29.3. The Bertz CT molecular complexity index is 1850. The van der Waals surface area contributed by atoms with E-state index in [-0.39, 0.29) is 6.61 Å². The summed E-state index contributed by atoms with van der Waals surface area (Å²) in [6.45, 7) is 4.11. The van der Waals surface area contributed by atoms with Gasteiger partial charge in [-0.2, -0.15) is 10.5 Å². The summed E-state index contributed by atoms with van der Waals surface area (Å²) in [7, 11) is 1.56. The number of amides is 1. The number of rotatable bonds is 7. The Kier molecular flexibility index (Phi) is 7.35. The number of nitriles is 2. The third-order valence-electron chi connectivity index (χ3n) is 9.16. The van der Waals surface area contributed by atoms with E-state index in [0.29, 0.717) is 57.3 Å². The Morgan fingerprint density at radius 1 is 1.07 bits per heavy atom. The van der Waals surface area contributed by atoms with Gasteiger partial charge in [-0.05, 0) is 66.4 Å². The molecule has 1 amide bonds. The number of carbonyl (C=O) groups excluding carboxylic acids is 2. The molecule has 9 heteroatoms. The summed E-state index contributed by atoms with van der Waals surface area (Å²) in [5.41, 5.74) is -0.787. The smallest absolute Gasteiger partial charge is 0.316 e. The number of esters is 1. The van der Waals surface area contributed by atoms with Crippen molar-refractivity contribution in [2.24, 2.45) is 5.41 Å². The number of unbranched alkanes of at least 4 members (excludes halogenated alkanes) is 1. The Morgan fingerprint density at radius 2 is 1.80 bits per heavy atom. The van der Waals surface area contributed by atoms with Gasteiger partial charge in [0.25, 0.3) is 0 Å². The first-order valence-corrected chi connectivity index (χ1v) is 15.1. The summed E-state index contributed by atoms with van der Waals surface area (Å²) in [5, 5.41) is 23.8. The van der Waals surface area contributed by atoms with Gasteiger partial charge in [0.05, 0.1) is 25.9 Å². The average Bonchev–Trinajstić information content (AvgIpc) is 3.52. The number of H-pyrrole nitrogens is 1. The van der Waals surface area contributed by atoms with Gasteiger partial charge in [0.15, 0.2) is 5.41 Å². The topological polar surface area (TPSA) is 119 Å². The molecule has 0 radical (unpaired) electrons. The molecule has 2 heterocycles. The molecule has 3 aromatic carbocycles. The van der Waals surface area contributed by atoms with Gasteiger partial charge >= 0.3 is 5.97 Å². The van der Waals surface area contributed by atoms with Gasteiger partial charge in [0.2, 0.25) is 5.91 Å². The molecule has 0 saturated heterocycles. The second-order valence-electron chi connectivity index (χ2n) is 11.2. The van der Waals surface area contributed by atoms with E-state index in [1.165, 1.54) is 0 Å². The summed E-state index contributed by atoms with van der Waals surface area (Å²) >= 11 is 6.61. The first-order chi connectivity index (χ1) is 21.3. The molecule has 3 atom stereocenters. The predicted molar refractivity (Wildman–Crippen MR) is 167 cm³/mol. The molecule has 222 valence electrons. The highest BCUT2D eigenvalue weighted by Gasteiger charge is 2.76. The number of fused-ring (bicyclic) bond motifs is 5. The van der Waals surface area contributed by atoms with Crippen LogP contribution in [-0.4, -0.2) is 37.1 Å². The predicted octanol–water partition coefficient (Wildman–Crippen LogP) is 6.74. The van der Waals surface area contributed by atoms with E-state index >= 15 is 4.79 Å². The van der Waals surface area contributed by atoms with E-state index < -0.39 is 34.5 Å². The van der Waals surface area contributed by atoms with Crippen molar-refractivity contribution in [2.75, 3.05) is 25.2 Å². The van der Waals surface area contributed by atoms with E-state index in [9.17, 15) is 15.3 Å². The van der Waals surface area contributed by atoms with Crippen LogP contribution < -0.4 is 9.64 Å². The van der Waals surface area contributed by atoms with E-state index in [4.69, 9.17) is 21.1 Å². The molecule has 1 N–H and O–H groups in total. The molecule has 1 aliphatic carbocycles. The van der Waals surface area contributed by atoms with Crippen LogP contribution in [0.5, 0.6) is 5.75 Å². The van der Waals surface area contributed by atoms with Crippen molar-refractivity contribution >= 4 is 40.1 Å². The number of ether oxygens (including phenoxy) is 2. The number of hydrogen-bond acceptors (Lipinski definition) is 6. The molecule has 1 aromatic heterocycles. The van der Waals surface area contributed by atoms with E-state index in [1.54, 1.807) is 49.3 Å². The van der Waals surface area contributed by atoms with Crippen LogP contribution in [0.1, 0.15) is 60.9 Å². The maximum absolute atomic E-state index is 15.3. The maximum Gasteiger partial charge on any atom is 0.316 e. The van der Waals surface area contributed by atoms with Crippen molar-refractivity contribution in [3.05, 3.63) is 94.1 Å². The average molecular weight is 607 g/mol. The minimum absolute atomic E-state index is 0.0468. The third kappa shape index (κ3) is 3.81. The summed E-state index contributed by atoms with van der Waals surface area (Å²) < 4.78 is 11.1. The first-order valence-electron chi connectivity index (χ1n) is 14.7. The van der Waals surface area contributed by atoms with Crippen LogP contribution in [0, 0.1) is 28.1 Å². The number of aromatic amines is 1. The number of aromatic nitrogens is 1. The molecular formula is C35H31ClN4O4. The monoisotopic (exact) mass is 606 g/mol. The minimum atomic E-state index is -2.10. The van der Waals surface area contributed by atoms with Gasteiger partial charge < -0.3 is 19.4 Å². The van der Waals surface area contributed by atoms with Gasteiger partial charge in [0.1, 0.15) is 17.1 Å². The van der Waals surface area contributed by atoms with E-state index in [2.05, 4.69) is 17.1 Å². The lowest BCUT2D eigenvalue weighted by Gasteiger charge is -2.50. The molecule has 0 bridgehead atoms. The molecule has 44 heavy (non-hydrogen) atoms. The number of nitrogens with one attached hydrogen (secondary N) is 1. The number of benzene rings is 3. The fraction of sp³-hybridized carbons (Fsp3) is 0.314. The number of methoxy groups -OCH3 is 1. The van der Waals surface area contributed by atoms with Crippen LogP contribution in [0.3, 0.4) is 0 Å². The van der Waals surface area contributed by atoms with Crippen LogP contribution in [-0.2, 0) is 19.7 Å². The lowest BCUT2D eigenvalue weighted by molar-refractivity contribution is -0.152. The summed E-state index contributed by atoms with van der Waals surface area (Å²) in [6, 6.07) is 24.4.